The zero-order valence-corrected chi connectivity index (χ0v) is 18.6. The molecule has 1 heterocycles. The fraction of sp³-hybridized carbons (Fsp3) is 0.273. The number of likely N-dealkylation sites (N-methyl/N-ethyl adjacent to an activating group) is 1. The summed E-state index contributed by atoms with van der Waals surface area (Å²) in [5, 5.41) is 1.40. The molecule has 6 nitrogen and oxygen atoms in total. The largest absolute Gasteiger partial charge is 0.497 e. The maximum absolute atomic E-state index is 12.8. The van der Waals surface area contributed by atoms with Gasteiger partial charge in [0.25, 0.3) is 5.91 Å². The quantitative estimate of drug-likeness (QED) is 0.470. The molecule has 0 unspecified atom stereocenters. The number of methoxy groups -OCH3 is 1. The average Bonchev–Trinajstić information content (AvgIpc) is 3.13. The van der Waals surface area contributed by atoms with E-state index >= 15 is 0 Å². The molecule has 0 fully saturated rings. The lowest BCUT2D eigenvalue weighted by Crippen LogP contribution is -2.30. The van der Waals surface area contributed by atoms with Crippen molar-refractivity contribution in [2.75, 3.05) is 27.3 Å². The number of rotatable bonds is 9. The van der Waals surface area contributed by atoms with Crippen LogP contribution in [0, 0.1) is 6.92 Å². The van der Waals surface area contributed by atoms with Crippen molar-refractivity contribution in [2.24, 2.45) is 0 Å². The molecule has 3 rings (SSSR count). The van der Waals surface area contributed by atoms with Gasteiger partial charge in [0.1, 0.15) is 40.3 Å². The third kappa shape index (κ3) is 5.87. The highest BCUT2D eigenvalue weighted by molar-refractivity contribution is 7.13. The van der Waals surface area contributed by atoms with Gasteiger partial charge >= 0.3 is 0 Å². The first-order valence-corrected chi connectivity index (χ1v) is 10.5. The number of carbonyl (C=O) groups is 1. The predicted molar refractivity (Wildman–Crippen MR) is 118 cm³/mol. The molecule has 0 atom stereocenters. The van der Waals surface area contributed by atoms with Crippen LogP contribution in [0.2, 0.25) is 5.02 Å². The van der Waals surface area contributed by atoms with E-state index in [2.05, 4.69) is 4.98 Å². The standard InChI is InChI=1S/C22H23ClN2O4S/c1-15-21(30-20(24-15)14-29-19-6-4-16(23)5-7-19)22(26)25(2)12-13-28-18-10-8-17(27-3)9-11-18/h4-11H,12-14H2,1-3H3. The van der Waals surface area contributed by atoms with Crippen molar-refractivity contribution in [3.8, 4) is 17.2 Å². The lowest BCUT2D eigenvalue weighted by Gasteiger charge is -2.17. The van der Waals surface area contributed by atoms with Crippen LogP contribution in [0.5, 0.6) is 17.2 Å². The summed E-state index contributed by atoms with van der Waals surface area (Å²) in [5.74, 6) is 2.12. The van der Waals surface area contributed by atoms with Gasteiger partial charge in [0.05, 0.1) is 19.3 Å². The smallest absolute Gasteiger partial charge is 0.265 e. The van der Waals surface area contributed by atoms with Crippen LogP contribution in [0.1, 0.15) is 20.4 Å². The molecule has 1 aromatic heterocycles. The van der Waals surface area contributed by atoms with Crippen molar-refractivity contribution in [3.63, 3.8) is 0 Å². The van der Waals surface area contributed by atoms with Gasteiger partial charge in [-0.3, -0.25) is 4.79 Å². The summed E-state index contributed by atoms with van der Waals surface area (Å²) in [6.45, 7) is 2.97. The van der Waals surface area contributed by atoms with Crippen molar-refractivity contribution >= 4 is 28.8 Å². The van der Waals surface area contributed by atoms with Crippen LogP contribution < -0.4 is 14.2 Å². The molecule has 0 bridgehead atoms. The third-order valence-corrected chi connectivity index (χ3v) is 5.68. The molecule has 0 saturated heterocycles. The van der Waals surface area contributed by atoms with Gasteiger partial charge in [0.15, 0.2) is 0 Å². The number of amides is 1. The molecule has 3 aromatic rings. The molecule has 1 amide bonds. The van der Waals surface area contributed by atoms with E-state index in [1.165, 1.54) is 11.3 Å². The Morgan fingerprint density at radius 3 is 2.30 bits per heavy atom. The van der Waals surface area contributed by atoms with Crippen LogP contribution in [0.25, 0.3) is 0 Å². The lowest BCUT2D eigenvalue weighted by atomic mass is 10.3. The molecule has 2 aromatic carbocycles. The Balaban J connectivity index is 1.51. The second-order valence-corrected chi connectivity index (χ2v) is 8.04. The fourth-order valence-electron chi connectivity index (χ4n) is 2.64. The summed E-state index contributed by atoms with van der Waals surface area (Å²) < 4.78 is 16.5. The summed E-state index contributed by atoms with van der Waals surface area (Å²) in [6.07, 6.45) is 0. The normalized spacial score (nSPS) is 10.5. The van der Waals surface area contributed by atoms with E-state index in [0.717, 1.165) is 16.5 Å². The Labute approximate surface area is 185 Å². The van der Waals surface area contributed by atoms with Gasteiger partial charge in [0.2, 0.25) is 0 Å². The Kier molecular flexibility index (Phi) is 7.54. The number of halogens is 1. The molecule has 0 aliphatic carbocycles. The molecule has 0 radical (unpaired) electrons. The van der Waals surface area contributed by atoms with Crippen LogP contribution in [0.4, 0.5) is 0 Å². The first-order chi connectivity index (χ1) is 14.5. The van der Waals surface area contributed by atoms with Gasteiger partial charge in [0, 0.05) is 12.1 Å². The van der Waals surface area contributed by atoms with Gasteiger partial charge in [-0.05, 0) is 55.5 Å². The highest BCUT2D eigenvalue weighted by Crippen LogP contribution is 2.23. The maximum atomic E-state index is 12.8. The third-order valence-electron chi connectivity index (χ3n) is 4.31. The summed E-state index contributed by atoms with van der Waals surface area (Å²) in [5.41, 5.74) is 0.697. The predicted octanol–water partition coefficient (Wildman–Crippen LogP) is 4.84. The first kappa shape index (κ1) is 21.9. The van der Waals surface area contributed by atoms with E-state index in [0.29, 0.717) is 41.1 Å². The van der Waals surface area contributed by atoms with Gasteiger partial charge in [-0.15, -0.1) is 11.3 Å². The van der Waals surface area contributed by atoms with E-state index in [1.54, 1.807) is 43.3 Å². The molecular formula is C22H23ClN2O4S. The summed E-state index contributed by atoms with van der Waals surface area (Å²) >= 11 is 7.22. The number of carbonyl (C=O) groups excluding carboxylic acids is 1. The van der Waals surface area contributed by atoms with Crippen LogP contribution in [0.15, 0.2) is 48.5 Å². The molecule has 8 heteroatoms. The highest BCUT2D eigenvalue weighted by Gasteiger charge is 2.19. The molecule has 158 valence electrons. The second kappa shape index (κ2) is 10.3. The Morgan fingerprint density at radius 2 is 1.63 bits per heavy atom. The van der Waals surface area contributed by atoms with Crippen LogP contribution in [-0.4, -0.2) is 43.1 Å². The Hall–Kier alpha value is -2.77. The minimum atomic E-state index is -0.0823. The van der Waals surface area contributed by atoms with Crippen molar-refractivity contribution in [1.29, 1.82) is 0 Å². The van der Waals surface area contributed by atoms with E-state index in [1.807, 2.05) is 31.2 Å². The maximum Gasteiger partial charge on any atom is 0.265 e. The topological polar surface area (TPSA) is 60.9 Å². The number of benzene rings is 2. The SMILES string of the molecule is COc1ccc(OCCN(C)C(=O)c2sc(COc3ccc(Cl)cc3)nc2C)cc1. The molecular weight excluding hydrogens is 424 g/mol. The van der Waals surface area contributed by atoms with Crippen molar-refractivity contribution in [2.45, 2.75) is 13.5 Å². The zero-order valence-electron chi connectivity index (χ0n) is 17.1. The number of ether oxygens (including phenoxy) is 3. The number of aryl methyl sites for hydroxylation is 1. The summed E-state index contributed by atoms with van der Waals surface area (Å²) in [6, 6.07) is 14.5. The monoisotopic (exact) mass is 446 g/mol. The van der Waals surface area contributed by atoms with Crippen molar-refractivity contribution in [1.82, 2.24) is 9.88 Å². The van der Waals surface area contributed by atoms with E-state index in [-0.39, 0.29) is 5.91 Å². The van der Waals surface area contributed by atoms with Crippen LogP contribution in [-0.2, 0) is 6.61 Å². The lowest BCUT2D eigenvalue weighted by molar-refractivity contribution is 0.0777. The van der Waals surface area contributed by atoms with E-state index in [4.69, 9.17) is 25.8 Å². The van der Waals surface area contributed by atoms with E-state index < -0.39 is 0 Å². The zero-order chi connectivity index (χ0) is 21.5. The molecule has 0 spiro atoms. The fourth-order valence-corrected chi connectivity index (χ4v) is 3.73. The van der Waals surface area contributed by atoms with Crippen molar-refractivity contribution < 1.29 is 19.0 Å². The summed E-state index contributed by atoms with van der Waals surface area (Å²) in [7, 11) is 3.37. The number of hydrogen-bond donors (Lipinski definition) is 0. The highest BCUT2D eigenvalue weighted by atomic mass is 35.5. The Morgan fingerprint density at radius 1 is 1.03 bits per heavy atom. The number of aromatic nitrogens is 1. The number of hydrogen-bond acceptors (Lipinski definition) is 6. The second-order valence-electron chi connectivity index (χ2n) is 6.52. The average molecular weight is 447 g/mol. The minimum absolute atomic E-state index is 0.0823. The molecule has 30 heavy (non-hydrogen) atoms. The molecule has 0 aliphatic heterocycles. The molecule has 0 N–H and O–H groups in total. The van der Waals surface area contributed by atoms with Gasteiger partial charge in [-0.2, -0.15) is 0 Å². The van der Waals surface area contributed by atoms with Gasteiger partial charge < -0.3 is 19.1 Å². The minimum Gasteiger partial charge on any atom is -0.497 e. The van der Waals surface area contributed by atoms with Crippen LogP contribution >= 0.6 is 22.9 Å². The molecule has 0 saturated carbocycles. The Bertz CT molecular complexity index is 974. The van der Waals surface area contributed by atoms with Crippen molar-refractivity contribution in [3.05, 3.63) is 69.1 Å². The van der Waals surface area contributed by atoms with Crippen LogP contribution in [0.3, 0.4) is 0 Å². The number of nitrogens with zero attached hydrogens (tertiary/aromatic N) is 2. The van der Waals surface area contributed by atoms with Gasteiger partial charge in [-0.1, -0.05) is 11.6 Å². The van der Waals surface area contributed by atoms with Gasteiger partial charge in [-0.25, -0.2) is 4.98 Å². The van der Waals surface area contributed by atoms with E-state index in [9.17, 15) is 4.79 Å². The summed E-state index contributed by atoms with van der Waals surface area (Å²) in [4.78, 5) is 19.5. The first-order valence-electron chi connectivity index (χ1n) is 9.33. The molecule has 0 aliphatic rings. The number of thiazole rings is 1.